The SMILES string of the molecule is F[B-](F)(F)F.F[B-](F)(F)F.F[B-](F)(F)F.[Cs+].[IH2+].[K+]. The number of hydrogen-bond acceptors (Lipinski definition) is 0. The van der Waals surface area contributed by atoms with Crippen LogP contribution in [0.25, 0.3) is 0 Å². The molecule has 0 saturated carbocycles. The van der Waals surface area contributed by atoms with Crippen LogP contribution >= 0.6 is 0 Å². The average molecular weight is 561 g/mol. The van der Waals surface area contributed by atoms with Crippen molar-refractivity contribution < 1.29 is 196 Å². The summed E-state index contributed by atoms with van der Waals surface area (Å²) in [6, 6.07) is 0. The molecule has 0 nitrogen and oxygen atoms in total. The second-order valence-electron chi connectivity index (χ2n) is 1.48. The van der Waals surface area contributed by atoms with E-state index in [2.05, 4.69) is 0 Å². The first-order chi connectivity index (χ1) is 6.00. The molecule has 0 saturated heterocycles. The Morgan fingerprint density at radius 2 is 0.389 bits per heavy atom. The van der Waals surface area contributed by atoms with Crippen molar-refractivity contribution in [1.82, 2.24) is 0 Å². The van der Waals surface area contributed by atoms with Gasteiger partial charge in [-0.25, -0.2) is 0 Å². The van der Waals surface area contributed by atoms with Crippen LogP contribution in [-0.2, 0) is 0 Å². The Morgan fingerprint density at radius 3 is 0.389 bits per heavy atom. The minimum atomic E-state index is -6.00. The predicted octanol–water partition coefficient (Wildman–Crippen LogP) is -5.62. The quantitative estimate of drug-likeness (QED) is 0.157. The molecule has 18 heteroatoms. The Hall–Kier alpha value is 3.77. The van der Waals surface area contributed by atoms with E-state index in [1.54, 1.807) is 0 Å². The maximum Gasteiger partial charge on any atom is 1.00 e. The summed E-state index contributed by atoms with van der Waals surface area (Å²) >= 11 is 0. The third kappa shape index (κ3) is 489. The zero-order valence-corrected chi connectivity index (χ0v) is 20.7. The molecular weight excluding hydrogens is 559 g/mol. The summed E-state index contributed by atoms with van der Waals surface area (Å²) in [4.78, 5) is 0. The molecule has 0 aliphatic rings. The summed E-state index contributed by atoms with van der Waals surface area (Å²) in [5, 5.41) is 0. The van der Waals surface area contributed by atoms with Gasteiger partial charge >= 0.3 is 142 Å². The van der Waals surface area contributed by atoms with Crippen molar-refractivity contribution in [1.29, 1.82) is 0 Å². The molecule has 0 aromatic carbocycles. The maximum absolute atomic E-state index is 9.75. The average Bonchev–Trinajstić information content (AvgIpc) is 1.41. The van der Waals surface area contributed by atoms with Crippen molar-refractivity contribution >= 4 is 21.8 Å². The first kappa shape index (κ1) is 37.8. The molecule has 104 valence electrons. The molecule has 18 heavy (non-hydrogen) atoms. The molecule has 0 atom stereocenters. The molecule has 0 bridgehead atoms. The number of halogens is 13. The Morgan fingerprint density at radius 1 is 0.389 bits per heavy atom. The molecule has 0 rings (SSSR count). The van der Waals surface area contributed by atoms with Crippen LogP contribution in [0.2, 0.25) is 0 Å². The minimum absolute atomic E-state index is 0. The Kier molecular flexibility index (Phi) is 35.9. The Labute approximate surface area is 212 Å². The summed E-state index contributed by atoms with van der Waals surface area (Å²) in [6.07, 6.45) is 0. The van der Waals surface area contributed by atoms with E-state index in [1.807, 2.05) is 0 Å². The maximum atomic E-state index is 9.75. The third-order valence-electron chi connectivity index (χ3n) is 0. The van der Waals surface area contributed by atoms with E-state index in [1.165, 1.54) is 0 Å². The van der Waals surface area contributed by atoms with Crippen LogP contribution in [0.5, 0.6) is 0 Å². The van der Waals surface area contributed by atoms with Gasteiger partial charge in [0.2, 0.25) is 24.0 Å². The van der Waals surface area contributed by atoms with Crippen LogP contribution in [0.3, 0.4) is 0 Å². The fourth-order valence-electron chi connectivity index (χ4n) is 0. The molecule has 0 heterocycles. The van der Waals surface area contributed by atoms with Crippen LogP contribution in [0.15, 0.2) is 0 Å². The molecular formula is H2B3CsF12IK. The second-order valence-corrected chi connectivity index (χ2v) is 1.48. The van der Waals surface area contributed by atoms with Gasteiger partial charge in [-0.3, -0.25) is 0 Å². The van der Waals surface area contributed by atoms with Crippen LogP contribution < -0.4 is 144 Å². The predicted molar refractivity (Wildman–Crippen MR) is 33.3 cm³/mol. The normalized spacial score (nSPS) is 10.0. The first-order valence-corrected chi connectivity index (χ1v) is 2.62. The van der Waals surface area contributed by atoms with Crippen molar-refractivity contribution in [3.8, 4) is 0 Å². The smallest absolute Gasteiger partial charge is 0.418 e. The molecule has 0 aliphatic carbocycles. The van der Waals surface area contributed by atoms with E-state index in [4.69, 9.17) is 0 Å². The summed E-state index contributed by atoms with van der Waals surface area (Å²) in [5.74, 6) is 0. The standard InChI is InChI=1S/3BF4.Cs.H2I.K/c3*2-1(3,4)5;;;/h;;;;1H2;/q3*-1;3*+1. The molecule has 0 aromatic heterocycles. The van der Waals surface area contributed by atoms with Gasteiger partial charge in [0.15, 0.2) is 0 Å². The van der Waals surface area contributed by atoms with E-state index in [0.29, 0.717) is 0 Å². The Balaban J connectivity index is -0.0000000277. The minimum Gasteiger partial charge on any atom is -0.418 e. The summed E-state index contributed by atoms with van der Waals surface area (Å²) in [7, 11) is -18.0. The first-order valence-electron chi connectivity index (χ1n) is 2.62. The zero-order valence-electron chi connectivity index (χ0n) is 8.71. The molecule has 0 N–H and O–H groups in total. The van der Waals surface area contributed by atoms with E-state index in [0.717, 1.165) is 0 Å². The third-order valence-corrected chi connectivity index (χ3v) is 0. The van der Waals surface area contributed by atoms with E-state index in [-0.39, 0.29) is 144 Å². The molecule has 0 unspecified atom stereocenters. The van der Waals surface area contributed by atoms with Gasteiger partial charge in [-0.2, -0.15) is 0 Å². The van der Waals surface area contributed by atoms with Crippen LogP contribution in [0.1, 0.15) is 0 Å². The van der Waals surface area contributed by atoms with Crippen molar-refractivity contribution in [2.24, 2.45) is 0 Å². The van der Waals surface area contributed by atoms with Gasteiger partial charge in [0.1, 0.15) is 0 Å². The fraction of sp³-hybridized carbons (Fsp3) is 0. The van der Waals surface area contributed by atoms with Crippen molar-refractivity contribution in [2.75, 3.05) is 0 Å². The fourth-order valence-corrected chi connectivity index (χ4v) is 0. The van der Waals surface area contributed by atoms with Crippen LogP contribution in [0.4, 0.5) is 51.8 Å². The van der Waals surface area contributed by atoms with E-state index >= 15 is 0 Å². The molecule has 0 aliphatic heterocycles. The van der Waals surface area contributed by atoms with Gasteiger partial charge in [0.25, 0.3) is 0 Å². The van der Waals surface area contributed by atoms with Gasteiger partial charge in [0, 0.05) is 0 Å². The zero-order chi connectivity index (χ0) is 13.5. The topological polar surface area (TPSA) is 0 Å². The van der Waals surface area contributed by atoms with Crippen molar-refractivity contribution in [3.05, 3.63) is 0 Å². The molecule has 0 radical (unpaired) electrons. The Bertz CT molecular complexity index is 102. The summed E-state index contributed by atoms with van der Waals surface area (Å²) < 4.78 is 117. The second kappa shape index (κ2) is 17.1. The largest absolute Gasteiger partial charge is 1.00 e. The van der Waals surface area contributed by atoms with Crippen LogP contribution in [0, 0.1) is 0 Å². The summed E-state index contributed by atoms with van der Waals surface area (Å²) in [5.41, 5.74) is 0. The molecule has 0 spiro atoms. The van der Waals surface area contributed by atoms with Crippen LogP contribution in [-0.4, -0.2) is 21.8 Å². The van der Waals surface area contributed by atoms with Crippen molar-refractivity contribution in [2.45, 2.75) is 0 Å². The monoisotopic (exact) mass is 562 g/mol. The summed E-state index contributed by atoms with van der Waals surface area (Å²) in [6.45, 7) is 0. The van der Waals surface area contributed by atoms with E-state index < -0.39 is 21.8 Å². The molecule has 0 fully saturated rings. The van der Waals surface area contributed by atoms with Gasteiger partial charge in [-0.05, 0) is 0 Å². The van der Waals surface area contributed by atoms with E-state index in [9.17, 15) is 51.8 Å². The van der Waals surface area contributed by atoms with Crippen molar-refractivity contribution in [3.63, 3.8) is 0 Å². The molecule has 0 aromatic rings. The number of hydrogen-bond donors (Lipinski definition) is 0. The van der Waals surface area contributed by atoms with Gasteiger partial charge in [0.05, 0.1) is 0 Å². The van der Waals surface area contributed by atoms with Gasteiger partial charge < -0.3 is 51.8 Å². The van der Waals surface area contributed by atoms with Gasteiger partial charge in [-0.1, -0.05) is 0 Å². The number of rotatable bonds is 0. The molecule has 0 amide bonds. The van der Waals surface area contributed by atoms with Gasteiger partial charge in [-0.15, -0.1) is 0 Å².